The molecule has 1 aromatic carbocycles. The van der Waals surface area contributed by atoms with Gasteiger partial charge in [-0.25, -0.2) is 4.98 Å². The first-order chi connectivity index (χ1) is 11.1. The molecule has 0 aliphatic heterocycles. The van der Waals surface area contributed by atoms with Crippen LogP contribution in [-0.2, 0) is 17.9 Å². The van der Waals surface area contributed by atoms with Gasteiger partial charge in [0.15, 0.2) is 0 Å². The molecule has 1 atom stereocenters. The Morgan fingerprint density at radius 2 is 2.00 bits per heavy atom. The van der Waals surface area contributed by atoms with Gasteiger partial charge in [-0.15, -0.1) is 36.2 Å². The van der Waals surface area contributed by atoms with Gasteiger partial charge in [-0.1, -0.05) is 23.7 Å². The van der Waals surface area contributed by atoms with Gasteiger partial charge in [-0.05, 0) is 17.7 Å². The fraction of sp³-hybridized carbons (Fsp3) is 0.333. The van der Waals surface area contributed by atoms with Gasteiger partial charge in [0.1, 0.15) is 5.01 Å². The Labute approximate surface area is 168 Å². The van der Waals surface area contributed by atoms with Gasteiger partial charge in [0.2, 0.25) is 5.91 Å². The number of nitrogens with two attached hydrogens (primary N) is 1. The summed E-state index contributed by atoms with van der Waals surface area (Å²) in [6, 6.07) is 7.09. The number of benzene rings is 1. The van der Waals surface area contributed by atoms with Crippen molar-refractivity contribution in [3.63, 3.8) is 0 Å². The summed E-state index contributed by atoms with van der Waals surface area (Å²) in [5, 5.41) is 16.3. The van der Waals surface area contributed by atoms with Crippen LogP contribution >= 0.6 is 47.8 Å². The number of aliphatic hydroxyl groups excluding tert-OH is 1. The lowest BCUT2D eigenvalue weighted by molar-refractivity contribution is -0.121. The minimum Gasteiger partial charge on any atom is -0.391 e. The molecule has 0 radical (unpaired) electrons. The maximum absolute atomic E-state index is 12.0. The summed E-state index contributed by atoms with van der Waals surface area (Å²) in [5.74, 6) is -0.157. The molecule has 2 rings (SSSR count). The van der Waals surface area contributed by atoms with E-state index in [1.54, 1.807) is 6.20 Å². The molecular weight excluding hydrogens is 407 g/mol. The first kappa shape index (κ1) is 24.1. The van der Waals surface area contributed by atoms with E-state index in [0.717, 1.165) is 10.4 Å². The molecule has 6 nitrogen and oxygen atoms in total. The van der Waals surface area contributed by atoms with Crippen LogP contribution in [0.25, 0.3) is 0 Å². The van der Waals surface area contributed by atoms with E-state index in [2.05, 4.69) is 15.6 Å². The smallest absolute Gasteiger partial charge is 0.234 e. The van der Waals surface area contributed by atoms with Crippen molar-refractivity contribution in [1.29, 1.82) is 0 Å². The number of thiazole rings is 1. The van der Waals surface area contributed by atoms with Crippen molar-refractivity contribution >= 4 is 53.7 Å². The number of carbonyl (C=O) groups excluding carboxylic acids is 1. The maximum atomic E-state index is 12.0. The van der Waals surface area contributed by atoms with E-state index in [9.17, 15) is 4.79 Å². The highest BCUT2D eigenvalue weighted by atomic mass is 35.5. The molecule has 140 valence electrons. The first-order valence-corrected chi connectivity index (χ1v) is 8.32. The Hall–Kier alpha value is -0.930. The summed E-state index contributed by atoms with van der Waals surface area (Å²) >= 11 is 7.16. The molecule has 2 aromatic rings. The third-order valence-corrected chi connectivity index (χ3v) is 4.47. The number of carbonyl (C=O) groups is 1. The van der Waals surface area contributed by atoms with Gasteiger partial charge in [0, 0.05) is 24.3 Å². The van der Waals surface area contributed by atoms with Crippen LogP contribution in [0.4, 0.5) is 0 Å². The monoisotopic (exact) mass is 426 g/mol. The topological polar surface area (TPSA) is 100 Å². The maximum Gasteiger partial charge on any atom is 0.234 e. The first-order valence-electron chi connectivity index (χ1n) is 7.12. The molecule has 1 heterocycles. The van der Waals surface area contributed by atoms with Crippen LogP contribution in [0.15, 0.2) is 30.5 Å². The number of nitrogens with zero attached hydrogens (tertiary/aromatic N) is 1. The molecule has 0 aliphatic carbocycles. The summed E-state index contributed by atoms with van der Waals surface area (Å²) in [4.78, 5) is 16.9. The molecule has 0 saturated carbocycles. The molecule has 0 aliphatic rings. The van der Waals surface area contributed by atoms with Crippen LogP contribution < -0.4 is 16.4 Å². The molecule has 0 fully saturated rings. The lowest BCUT2D eigenvalue weighted by atomic mass is 10.2. The molecule has 0 spiro atoms. The van der Waals surface area contributed by atoms with Crippen molar-refractivity contribution in [2.24, 2.45) is 5.73 Å². The Morgan fingerprint density at radius 3 is 2.56 bits per heavy atom. The van der Waals surface area contributed by atoms with Crippen molar-refractivity contribution in [2.75, 3.05) is 13.1 Å². The second kappa shape index (κ2) is 12.4. The third kappa shape index (κ3) is 7.87. The molecule has 10 heteroatoms. The number of rotatable bonds is 8. The predicted octanol–water partition coefficient (Wildman–Crippen LogP) is 2.04. The molecular formula is C15H21Cl3N4O2S. The van der Waals surface area contributed by atoms with Crippen molar-refractivity contribution in [3.05, 3.63) is 50.9 Å². The van der Waals surface area contributed by atoms with Crippen molar-refractivity contribution in [2.45, 2.75) is 19.2 Å². The van der Waals surface area contributed by atoms with Crippen LogP contribution in [0.2, 0.25) is 5.02 Å². The number of aromatic nitrogens is 1. The van der Waals surface area contributed by atoms with Crippen LogP contribution in [-0.4, -0.2) is 29.1 Å². The quantitative estimate of drug-likeness (QED) is 0.516. The van der Waals surface area contributed by atoms with E-state index in [1.165, 1.54) is 11.3 Å². The number of hydrogen-bond acceptors (Lipinski definition) is 6. The highest BCUT2D eigenvalue weighted by Crippen LogP contribution is 2.19. The van der Waals surface area contributed by atoms with E-state index in [-0.39, 0.29) is 56.5 Å². The van der Waals surface area contributed by atoms with Crippen LogP contribution in [0, 0.1) is 0 Å². The molecule has 0 bridgehead atoms. The Kier molecular flexibility index (Phi) is 12.0. The van der Waals surface area contributed by atoms with Gasteiger partial charge in [0.25, 0.3) is 0 Å². The molecule has 1 amide bonds. The molecule has 0 unspecified atom stereocenters. The number of nitrogens with one attached hydrogen (secondary N) is 2. The summed E-state index contributed by atoms with van der Waals surface area (Å²) in [5.41, 5.74) is 6.74. The average Bonchev–Trinajstić information content (AvgIpc) is 3.03. The zero-order valence-corrected chi connectivity index (χ0v) is 16.5. The predicted molar refractivity (Wildman–Crippen MR) is 106 cm³/mol. The summed E-state index contributed by atoms with van der Waals surface area (Å²) in [6.07, 6.45) is 1.59. The third-order valence-electron chi connectivity index (χ3n) is 3.12. The lowest BCUT2D eigenvalue weighted by Gasteiger charge is -2.14. The van der Waals surface area contributed by atoms with Gasteiger partial charge < -0.3 is 21.5 Å². The molecule has 25 heavy (non-hydrogen) atoms. The summed E-state index contributed by atoms with van der Waals surface area (Å²) in [6.45, 7) is 0.939. The molecule has 1 aromatic heterocycles. The number of halogens is 3. The van der Waals surface area contributed by atoms with Gasteiger partial charge >= 0.3 is 0 Å². The van der Waals surface area contributed by atoms with Gasteiger partial charge in [0.05, 0.1) is 24.1 Å². The number of hydrogen-bond donors (Lipinski definition) is 4. The second-order valence-electron chi connectivity index (χ2n) is 4.91. The van der Waals surface area contributed by atoms with Crippen molar-refractivity contribution < 1.29 is 9.90 Å². The zero-order valence-electron chi connectivity index (χ0n) is 13.3. The van der Waals surface area contributed by atoms with Crippen LogP contribution in [0.1, 0.15) is 21.5 Å². The Morgan fingerprint density at radius 1 is 1.32 bits per heavy atom. The van der Waals surface area contributed by atoms with E-state index in [0.29, 0.717) is 16.6 Å². The second-order valence-corrected chi connectivity index (χ2v) is 6.49. The minimum absolute atomic E-state index is 0. The number of aliphatic hydroxyl groups is 1. The zero-order chi connectivity index (χ0) is 16.7. The van der Waals surface area contributed by atoms with Crippen LogP contribution in [0.5, 0.6) is 0 Å². The summed E-state index contributed by atoms with van der Waals surface area (Å²) < 4.78 is 0. The van der Waals surface area contributed by atoms with E-state index in [4.69, 9.17) is 22.4 Å². The number of amides is 1. The highest BCUT2D eigenvalue weighted by Gasteiger charge is 2.16. The fourth-order valence-electron chi connectivity index (χ4n) is 1.95. The van der Waals surface area contributed by atoms with Crippen molar-refractivity contribution in [1.82, 2.24) is 15.6 Å². The highest BCUT2D eigenvalue weighted by molar-refractivity contribution is 7.11. The summed E-state index contributed by atoms with van der Waals surface area (Å²) in [7, 11) is 0. The van der Waals surface area contributed by atoms with Gasteiger partial charge in [-0.2, -0.15) is 0 Å². The van der Waals surface area contributed by atoms with E-state index in [1.807, 2.05) is 24.3 Å². The Balaban J connectivity index is 0.00000288. The molecule has 0 saturated heterocycles. The SMILES string of the molecule is Cl.Cl.NC[C@@H](NC(=O)CNCc1ccc(Cl)cc1)c1ncc(CO)s1. The standard InChI is InChI=1S/C15H19ClN4O2S.2ClH/c16-11-3-1-10(2-4-11)6-18-8-14(22)20-13(5-17)15-19-7-12(9-21)23-15;;/h1-4,7,13,18,21H,5-6,8-9,17H2,(H,20,22);2*1H/t13-;;/m1../s1. The molecule has 5 N–H and O–H groups in total. The lowest BCUT2D eigenvalue weighted by Crippen LogP contribution is -2.38. The fourth-order valence-corrected chi connectivity index (χ4v) is 2.91. The Bertz CT molecular complexity index is 640. The average molecular weight is 428 g/mol. The van der Waals surface area contributed by atoms with E-state index >= 15 is 0 Å². The van der Waals surface area contributed by atoms with Crippen molar-refractivity contribution in [3.8, 4) is 0 Å². The van der Waals surface area contributed by atoms with Gasteiger partial charge in [-0.3, -0.25) is 4.79 Å². The van der Waals surface area contributed by atoms with Crippen LogP contribution in [0.3, 0.4) is 0 Å². The normalized spacial score (nSPS) is 11.2. The largest absolute Gasteiger partial charge is 0.391 e. The van der Waals surface area contributed by atoms with E-state index < -0.39 is 0 Å². The minimum atomic E-state index is -0.342.